The number of nitrogens with one attached hydrogen (secondary N) is 1. The van der Waals surface area contributed by atoms with Gasteiger partial charge < -0.3 is 10.1 Å². The summed E-state index contributed by atoms with van der Waals surface area (Å²) in [6, 6.07) is 8.98. The molecule has 2 aromatic rings. The Hall–Kier alpha value is -1.46. The highest BCUT2D eigenvalue weighted by molar-refractivity contribution is 9.10. The Kier molecular flexibility index (Phi) is 5.70. The Morgan fingerprint density at radius 3 is 2.62 bits per heavy atom. The zero-order chi connectivity index (χ0) is 15.2. The maximum atomic E-state index is 13.3. The molecule has 0 aliphatic rings. The van der Waals surface area contributed by atoms with E-state index in [1.807, 2.05) is 6.92 Å². The summed E-state index contributed by atoms with van der Waals surface area (Å²) in [4.78, 5) is 0. The third-order valence-corrected chi connectivity index (χ3v) is 3.36. The fourth-order valence-electron chi connectivity index (χ4n) is 1.94. The van der Waals surface area contributed by atoms with Crippen molar-refractivity contribution in [2.75, 3.05) is 6.54 Å². The first-order valence-corrected chi connectivity index (χ1v) is 7.44. The maximum absolute atomic E-state index is 13.3. The monoisotopic (exact) mass is 355 g/mol. The van der Waals surface area contributed by atoms with Crippen LogP contribution in [-0.4, -0.2) is 6.54 Å². The number of hydrogen-bond acceptors (Lipinski definition) is 2. The molecule has 0 heterocycles. The summed E-state index contributed by atoms with van der Waals surface area (Å²) in [7, 11) is 0. The van der Waals surface area contributed by atoms with Crippen LogP contribution in [0.15, 0.2) is 40.9 Å². The Morgan fingerprint density at radius 1 is 1.10 bits per heavy atom. The average Bonchev–Trinajstić information content (AvgIpc) is 2.43. The molecule has 0 radical (unpaired) electrons. The van der Waals surface area contributed by atoms with E-state index in [0.29, 0.717) is 22.3 Å². The van der Waals surface area contributed by atoms with Crippen LogP contribution in [0.5, 0.6) is 5.75 Å². The van der Waals surface area contributed by atoms with E-state index >= 15 is 0 Å². The second-order valence-corrected chi connectivity index (χ2v) is 5.51. The second-order valence-electron chi connectivity index (χ2n) is 4.60. The van der Waals surface area contributed by atoms with Gasteiger partial charge in [0.2, 0.25) is 0 Å². The van der Waals surface area contributed by atoms with Crippen molar-refractivity contribution in [2.45, 2.75) is 20.1 Å². The van der Waals surface area contributed by atoms with Gasteiger partial charge in [-0.25, -0.2) is 8.78 Å². The normalized spacial score (nSPS) is 10.7. The van der Waals surface area contributed by atoms with E-state index in [4.69, 9.17) is 4.74 Å². The van der Waals surface area contributed by atoms with E-state index in [2.05, 4.69) is 21.2 Å². The minimum atomic E-state index is -0.324. The first-order valence-electron chi connectivity index (χ1n) is 6.65. The van der Waals surface area contributed by atoms with Crippen LogP contribution < -0.4 is 10.1 Å². The van der Waals surface area contributed by atoms with Crippen molar-refractivity contribution in [1.82, 2.24) is 5.32 Å². The van der Waals surface area contributed by atoms with Gasteiger partial charge in [0.1, 0.15) is 24.0 Å². The molecule has 21 heavy (non-hydrogen) atoms. The highest BCUT2D eigenvalue weighted by atomic mass is 79.9. The van der Waals surface area contributed by atoms with Crippen LogP contribution in [-0.2, 0) is 13.2 Å². The predicted octanol–water partition coefficient (Wildman–Crippen LogP) is 4.42. The summed E-state index contributed by atoms with van der Waals surface area (Å²) in [6.45, 7) is 3.51. The number of halogens is 3. The van der Waals surface area contributed by atoms with Gasteiger partial charge in [0.25, 0.3) is 0 Å². The van der Waals surface area contributed by atoms with Crippen LogP contribution in [0.4, 0.5) is 8.78 Å². The molecule has 0 aliphatic heterocycles. The van der Waals surface area contributed by atoms with Crippen molar-refractivity contribution < 1.29 is 13.5 Å². The van der Waals surface area contributed by atoms with Gasteiger partial charge in [-0.1, -0.05) is 22.9 Å². The van der Waals surface area contributed by atoms with Crippen LogP contribution in [0.2, 0.25) is 0 Å². The highest BCUT2D eigenvalue weighted by Crippen LogP contribution is 2.22. The molecule has 0 spiro atoms. The van der Waals surface area contributed by atoms with Crippen molar-refractivity contribution in [3.05, 3.63) is 63.6 Å². The Labute approximate surface area is 131 Å². The van der Waals surface area contributed by atoms with Crippen LogP contribution in [0.25, 0.3) is 0 Å². The van der Waals surface area contributed by atoms with E-state index in [9.17, 15) is 8.78 Å². The fourth-order valence-corrected chi connectivity index (χ4v) is 2.45. The largest absolute Gasteiger partial charge is 0.489 e. The molecule has 0 unspecified atom stereocenters. The van der Waals surface area contributed by atoms with Crippen LogP contribution in [0.1, 0.15) is 18.1 Å². The molecule has 0 saturated heterocycles. The van der Waals surface area contributed by atoms with Crippen LogP contribution in [0.3, 0.4) is 0 Å². The predicted molar refractivity (Wildman–Crippen MR) is 82.2 cm³/mol. The Bertz CT molecular complexity index is 599. The van der Waals surface area contributed by atoms with Gasteiger partial charge in [0.15, 0.2) is 0 Å². The zero-order valence-corrected chi connectivity index (χ0v) is 13.2. The molecule has 2 nitrogen and oxygen atoms in total. The summed E-state index contributed by atoms with van der Waals surface area (Å²) in [6.07, 6.45) is 0. The molecular weight excluding hydrogens is 340 g/mol. The highest BCUT2D eigenvalue weighted by Gasteiger charge is 2.07. The molecule has 112 valence electrons. The van der Waals surface area contributed by atoms with Gasteiger partial charge >= 0.3 is 0 Å². The molecular formula is C16H16BrF2NO. The van der Waals surface area contributed by atoms with E-state index in [-0.39, 0.29) is 18.2 Å². The van der Waals surface area contributed by atoms with Gasteiger partial charge in [-0.05, 0) is 48.5 Å². The lowest BCUT2D eigenvalue weighted by Gasteiger charge is -2.12. The molecule has 2 rings (SSSR count). The quantitative estimate of drug-likeness (QED) is 0.828. The molecule has 1 N–H and O–H groups in total. The number of benzene rings is 2. The number of rotatable bonds is 6. The van der Waals surface area contributed by atoms with E-state index in [1.54, 1.807) is 12.1 Å². The third kappa shape index (κ3) is 4.79. The maximum Gasteiger partial charge on any atom is 0.124 e. The number of hydrogen-bond donors (Lipinski definition) is 1. The van der Waals surface area contributed by atoms with Gasteiger partial charge in [-0.2, -0.15) is 0 Å². The summed E-state index contributed by atoms with van der Waals surface area (Å²) in [5, 5.41) is 3.13. The smallest absolute Gasteiger partial charge is 0.124 e. The second kappa shape index (κ2) is 7.52. The summed E-state index contributed by atoms with van der Waals surface area (Å²) >= 11 is 3.24. The zero-order valence-electron chi connectivity index (χ0n) is 11.6. The SMILES string of the molecule is CCNCc1cc(F)ccc1OCc1cc(F)cc(Br)c1. The first kappa shape index (κ1) is 15.9. The number of ether oxygens (including phenoxy) is 1. The lowest BCUT2D eigenvalue weighted by atomic mass is 10.2. The van der Waals surface area contributed by atoms with Gasteiger partial charge in [0.05, 0.1) is 0 Å². The molecule has 5 heteroatoms. The molecule has 0 fully saturated rings. The van der Waals surface area contributed by atoms with Crippen molar-refractivity contribution in [3.8, 4) is 5.75 Å². The first-order chi connectivity index (χ1) is 10.1. The molecule has 0 aliphatic carbocycles. The average molecular weight is 356 g/mol. The minimum Gasteiger partial charge on any atom is -0.489 e. The third-order valence-electron chi connectivity index (χ3n) is 2.90. The molecule has 0 bridgehead atoms. The van der Waals surface area contributed by atoms with Crippen LogP contribution in [0, 0.1) is 11.6 Å². The van der Waals surface area contributed by atoms with Crippen molar-refractivity contribution in [1.29, 1.82) is 0 Å². The Morgan fingerprint density at radius 2 is 1.90 bits per heavy atom. The molecule has 0 amide bonds. The van der Waals surface area contributed by atoms with Gasteiger partial charge in [-0.15, -0.1) is 0 Å². The standard InChI is InChI=1S/C16H16BrF2NO/c1-2-20-9-12-7-14(18)3-4-16(12)21-10-11-5-13(17)8-15(19)6-11/h3-8,20H,2,9-10H2,1H3. The van der Waals surface area contributed by atoms with E-state index in [1.165, 1.54) is 24.3 Å². The van der Waals surface area contributed by atoms with Gasteiger partial charge in [0, 0.05) is 16.6 Å². The lowest BCUT2D eigenvalue weighted by molar-refractivity contribution is 0.301. The van der Waals surface area contributed by atoms with E-state index < -0.39 is 0 Å². The minimum absolute atomic E-state index is 0.223. The molecule has 0 saturated carbocycles. The molecule has 0 atom stereocenters. The summed E-state index contributed by atoms with van der Waals surface area (Å²) < 4.78 is 33.0. The van der Waals surface area contributed by atoms with E-state index in [0.717, 1.165) is 12.1 Å². The summed E-state index contributed by atoms with van der Waals surface area (Å²) in [5.41, 5.74) is 1.45. The van der Waals surface area contributed by atoms with Crippen LogP contribution >= 0.6 is 15.9 Å². The molecule has 2 aromatic carbocycles. The van der Waals surface area contributed by atoms with Crippen molar-refractivity contribution >= 4 is 15.9 Å². The fraction of sp³-hybridized carbons (Fsp3) is 0.250. The Balaban J connectivity index is 2.11. The summed E-state index contributed by atoms with van der Waals surface area (Å²) in [5.74, 6) is -0.0311. The van der Waals surface area contributed by atoms with Crippen molar-refractivity contribution in [3.63, 3.8) is 0 Å². The lowest BCUT2D eigenvalue weighted by Crippen LogP contribution is -2.13. The topological polar surface area (TPSA) is 21.3 Å². The molecule has 0 aromatic heterocycles. The van der Waals surface area contributed by atoms with Crippen molar-refractivity contribution in [2.24, 2.45) is 0 Å². The van der Waals surface area contributed by atoms with Gasteiger partial charge in [-0.3, -0.25) is 0 Å².